The molecule has 5 heteroatoms. The number of anilines is 1. The van der Waals surface area contributed by atoms with Gasteiger partial charge in [0.2, 0.25) is 0 Å². The van der Waals surface area contributed by atoms with Crippen molar-refractivity contribution in [3.63, 3.8) is 0 Å². The van der Waals surface area contributed by atoms with Crippen LogP contribution in [0.15, 0.2) is 18.5 Å². The average molecular weight is 259 g/mol. The number of nitrogens with zero attached hydrogens (tertiary/aromatic N) is 5. The molecule has 2 heterocycles. The van der Waals surface area contributed by atoms with Crippen LogP contribution in [0.5, 0.6) is 0 Å². The van der Waals surface area contributed by atoms with Crippen LogP contribution in [-0.4, -0.2) is 26.6 Å². The molecule has 2 aromatic rings. The van der Waals surface area contributed by atoms with Gasteiger partial charge in [-0.15, -0.1) is 0 Å². The Morgan fingerprint density at radius 3 is 2.63 bits per heavy atom. The smallest absolute Gasteiger partial charge is 0.132 e. The van der Waals surface area contributed by atoms with Crippen molar-refractivity contribution in [1.29, 1.82) is 0 Å². The van der Waals surface area contributed by atoms with Crippen LogP contribution in [0.25, 0.3) is 0 Å². The van der Waals surface area contributed by atoms with Gasteiger partial charge < -0.3 is 9.47 Å². The van der Waals surface area contributed by atoms with Crippen LogP contribution in [0, 0.1) is 6.92 Å². The molecule has 19 heavy (non-hydrogen) atoms. The number of imidazole rings is 1. The highest BCUT2D eigenvalue weighted by atomic mass is 15.2. The summed E-state index contributed by atoms with van der Waals surface area (Å²) in [7, 11) is 4.03. The molecule has 0 atom stereocenters. The lowest BCUT2D eigenvalue weighted by molar-refractivity contribution is 0.744. The lowest BCUT2D eigenvalue weighted by Crippen LogP contribution is -2.21. The fourth-order valence-corrected chi connectivity index (χ4v) is 1.91. The molecule has 0 amide bonds. The lowest BCUT2D eigenvalue weighted by atomic mass is 10.1. The van der Waals surface area contributed by atoms with Gasteiger partial charge >= 0.3 is 0 Å². The monoisotopic (exact) mass is 259 g/mol. The summed E-state index contributed by atoms with van der Waals surface area (Å²) in [5.41, 5.74) is 1.08. The Bertz CT molecular complexity index is 559. The normalized spacial score (nSPS) is 11.1. The third-order valence-corrected chi connectivity index (χ3v) is 3.13. The molecule has 0 fully saturated rings. The van der Waals surface area contributed by atoms with E-state index < -0.39 is 0 Å². The van der Waals surface area contributed by atoms with Crippen molar-refractivity contribution in [2.24, 2.45) is 7.05 Å². The molecule has 0 radical (unpaired) electrons. The van der Waals surface area contributed by atoms with Gasteiger partial charge in [-0.2, -0.15) is 0 Å². The van der Waals surface area contributed by atoms with E-state index in [0.29, 0.717) is 5.92 Å². The SMILES string of the molecule is Cc1nc(C(C)C)cc(N(C)Cc2nccn2C)n1. The van der Waals surface area contributed by atoms with E-state index in [1.165, 1.54) is 0 Å². The van der Waals surface area contributed by atoms with Crippen LogP contribution in [0.2, 0.25) is 0 Å². The van der Waals surface area contributed by atoms with Crippen LogP contribution >= 0.6 is 0 Å². The molecular weight excluding hydrogens is 238 g/mol. The van der Waals surface area contributed by atoms with Gasteiger partial charge in [0.25, 0.3) is 0 Å². The van der Waals surface area contributed by atoms with Crippen LogP contribution in [0.3, 0.4) is 0 Å². The summed E-state index contributed by atoms with van der Waals surface area (Å²) in [5.74, 6) is 3.18. The summed E-state index contributed by atoms with van der Waals surface area (Å²) in [5, 5.41) is 0. The third kappa shape index (κ3) is 3.10. The summed E-state index contributed by atoms with van der Waals surface area (Å²) in [6, 6.07) is 2.06. The zero-order valence-electron chi connectivity index (χ0n) is 12.3. The average Bonchev–Trinajstić information content (AvgIpc) is 2.74. The molecule has 0 aliphatic heterocycles. The number of hydrogen-bond donors (Lipinski definition) is 0. The first kappa shape index (κ1) is 13.5. The third-order valence-electron chi connectivity index (χ3n) is 3.13. The first-order valence-corrected chi connectivity index (χ1v) is 6.50. The topological polar surface area (TPSA) is 46.8 Å². The fraction of sp³-hybridized carbons (Fsp3) is 0.500. The second-order valence-corrected chi connectivity index (χ2v) is 5.16. The van der Waals surface area contributed by atoms with E-state index in [0.717, 1.165) is 29.7 Å². The minimum atomic E-state index is 0.405. The van der Waals surface area contributed by atoms with Gasteiger partial charge in [-0.05, 0) is 12.8 Å². The molecule has 0 N–H and O–H groups in total. The highest BCUT2D eigenvalue weighted by Crippen LogP contribution is 2.18. The number of aromatic nitrogens is 4. The minimum Gasteiger partial charge on any atom is -0.352 e. The Kier molecular flexibility index (Phi) is 3.83. The molecule has 0 aliphatic carbocycles. The van der Waals surface area contributed by atoms with Gasteiger partial charge in [0.1, 0.15) is 17.5 Å². The van der Waals surface area contributed by atoms with Gasteiger partial charge in [-0.1, -0.05) is 13.8 Å². The van der Waals surface area contributed by atoms with Crippen molar-refractivity contribution in [3.05, 3.63) is 35.8 Å². The largest absolute Gasteiger partial charge is 0.352 e. The quantitative estimate of drug-likeness (QED) is 0.845. The summed E-state index contributed by atoms with van der Waals surface area (Å²) in [6.45, 7) is 6.95. The maximum Gasteiger partial charge on any atom is 0.132 e. The van der Waals surface area contributed by atoms with Crippen molar-refractivity contribution < 1.29 is 0 Å². The molecule has 0 aliphatic rings. The molecule has 0 saturated heterocycles. The van der Waals surface area contributed by atoms with Crippen LogP contribution in [-0.2, 0) is 13.6 Å². The zero-order chi connectivity index (χ0) is 14.0. The highest BCUT2D eigenvalue weighted by molar-refractivity contribution is 5.39. The number of rotatable bonds is 4. The summed E-state index contributed by atoms with van der Waals surface area (Å²) < 4.78 is 2.02. The van der Waals surface area contributed by atoms with E-state index in [2.05, 4.69) is 39.8 Å². The summed E-state index contributed by atoms with van der Waals surface area (Å²) in [6.07, 6.45) is 3.77. The molecule has 102 valence electrons. The first-order valence-electron chi connectivity index (χ1n) is 6.50. The number of hydrogen-bond acceptors (Lipinski definition) is 4. The second-order valence-electron chi connectivity index (χ2n) is 5.16. The first-order chi connectivity index (χ1) is 8.97. The lowest BCUT2D eigenvalue weighted by Gasteiger charge is -2.19. The summed E-state index contributed by atoms with van der Waals surface area (Å²) >= 11 is 0. The maximum absolute atomic E-state index is 4.50. The Morgan fingerprint density at radius 1 is 1.32 bits per heavy atom. The van der Waals surface area contributed by atoms with Gasteiger partial charge in [0, 0.05) is 38.2 Å². The Morgan fingerprint density at radius 2 is 2.05 bits per heavy atom. The van der Waals surface area contributed by atoms with E-state index in [4.69, 9.17) is 0 Å². The van der Waals surface area contributed by atoms with Crippen molar-refractivity contribution in [2.75, 3.05) is 11.9 Å². The van der Waals surface area contributed by atoms with Crippen molar-refractivity contribution >= 4 is 5.82 Å². The molecule has 0 unspecified atom stereocenters. The van der Waals surface area contributed by atoms with Crippen LogP contribution < -0.4 is 4.90 Å². The van der Waals surface area contributed by atoms with E-state index in [1.807, 2.05) is 38.0 Å². The second kappa shape index (κ2) is 5.38. The molecule has 0 spiro atoms. The molecule has 0 bridgehead atoms. The van der Waals surface area contributed by atoms with Crippen molar-refractivity contribution in [1.82, 2.24) is 19.5 Å². The minimum absolute atomic E-state index is 0.405. The molecular formula is C14H21N5. The van der Waals surface area contributed by atoms with E-state index in [9.17, 15) is 0 Å². The van der Waals surface area contributed by atoms with Crippen molar-refractivity contribution in [3.8, 4) is 0 Å². The summed E-state index contributed by atoms with van der Waals surface area (Å²) in [4.78, 5) is 15.4. The zero-order valence-corrected chi connectivity index (χ0v) is 12.3. The van der Waals surface area contributed by atoms with Crippen LogP contribution in [0.4, 0.5) is 5.82 Å². The Balaban J connectivity index is 2.23. The van der Waals surface area contributed by atoms with Crippen molar-refractivity contribution in [2.45, 2.75) is 33.2 Å². The van der Waals surface area contributed by atoms with Gasteiger partial charge in [-0.3, -0.25) is 0 Å². The predicted molar refractivity (Wildman–Crippen MR) is 76.2 cm³/mol. The van der Waals surface area contributed by atoms with E-state index >= 15 is 0 Å². The maximum atomic E-state index is 4.50. The standard InChI is InChI=1S/C14H21N5/c1-10(2)12-8-13(17-11(3)16-12)19(5)9-14-15-6-7-18(14)4/h6-8,10H,9H2,1-5H3. The molecule has 0 saturated carbocycles. The van der Waals surface area contributed by atoms with E-state index in [1.54, 1.807) is 0 Å². The van der Waals surface area contributed by atoms with Gasteiger partial charge in [0.15, 0.2) is 0 Å². The van der Waals surface area contributed by atoms with E-state index in [-0.39, 0.29) is 0 Å². The van der Waals surface area contributed by atoms with Gasteiger partial charge in [0.05, 0.1) is 6.54 Å². The fourth-order valence-electron chi connectivity index (χ4n) is 1.91. The molecule has 2 rings (SSSR count). The Hall–Kier alpha value is -1.91. The Labute approximate surface area is 114 Å². The van der Waals surface area contributed by atoms with Gasteiger partial charge in [-0.25, -0.2) is 15.0 Å². The van der Waals surface area contributed by atoms with Crippen LogP contribution in [0.1, 0.15) is 37.1 Å². The molecule has 5 nitrogen and oxygen atoms in total. The number of aryl methyl sites for hydroxylation is 2. The molecule has 0 aromatic carbocycles. The highest BCUT2D eigenvalue weighted by Gasteiger charge is 2.11. The predicted octanol–water partition coefficient (Wildman–Crippen LogP) is 2.28. The molecule has 2 aromatic heterocycles.